The number of H-pyrrole nitrogens is 1. The molecule has 1 aliphatic rings. The predicted molar refractivity (Wildman–Crippen MR) is 115 cm³/mol. The van der Waals surface area contributed by atoms with Crippen LogP contribution in [0.2, 0.25) is 0 Å². The molecular weight excluding hydrogens is 378 g/mol. The van der Waals surface area contributed by atoms with Gasteiger partial charge in [0.15, 0.2) is 0 Å². The predicted octanol–water partition coefficient (Wildman–Crippen LogP) is 2.07. The van der Waals surface area contributed by atoms with Gasteiger partial charge in [0.05, 0.1) is 18.0 Å². The monoisotopic (exact) mass is 401 g/mol. The zero-order valence-electron chi connectivity index (χ0n) is 16.9. The van der Waals surface area contributed by atoms with Gasteiger partial charge in [-0.2, -0.15) is 15.3 Å². The van der Waals surface area contributed by atoms with E-state index in [1.54, 1.807) is 30.9 Å². The fraction of sp³-hybridized carbons (Fsp3) is 0.227. The molecule has 0 saturated carbocycles. The summed E-state index contributed by atoms with van der Waals surface area (Å²) in [5, 5.41) is 15.3. The first kappa shape index (κ1) is 19.7. The minimum atomic E-state index is -0.228. The molecule has 8 nitrogen and oxygen atoms in total. The van der Waals surface area contributed by atoms with Gasteiger partial charge in [-0.25, -0.2) is 5.43 Å². The Kier molecular flexibility index (Phi) is 5.76. The lowest BCUT2D eigenvalue weighted by Crippen LogP contribution is -2.17. The van der Waals surface area contributed by atoms with E-state index in [1.807, 2.05) is 18.2 Å². The Balaban J connectivity index is 1.49. The molecule has 8 heteroatoms. The Morgan fingerprint density at radius 2 is 1.93 bits per heavy atom. The summed E-state index contributed by atoms with van der Waals surface area (Å²) in [6, 6.07) is 5.80. The minimum absolute atomic E-state index is 0.228. The number of hydrogen-bond acceptors (Lipinski definition) is 6. The number of hydrogen-bond donors (Lipinski definition) is 3. The summed E-state index contributed by atoms with van der Waals surface area (Å²) in [6.45, 7) is 5.80. The van der Waals surface area contributed by atoms with E-state index in [2.05, 4.69) is 49.9 Å². The largest absolute Gasteiger partial charge is 0.359 e. The van der Waals surface area contributed by atoms with Crippen molar-refractivity contribution in [2.24, 2.45) is 5.10 Å². The summed E-state index contributed by atoms with van der Waals surface area (Å²) < 4.78 is 0. The number of carbonyl (C=O) groups is 1. The molecule has 3 aromatic heterocycles. The Bertz CT molecular complexity index is 1100. The van der Waals surface area contributed by atoms with Gasteiger partial charge in [0.1, 0.15) is 5.71 Å². The first-order chi connectivity index (χ1) is 14.6. The van der Waals surface area contributed by atoms with Crippen molar-refractivity contribution in [1.82, 2.24) is 30.9 Å². The maximum atomic E-state index is 12.4. The second-order valence-corrected chi connectivity index (χ2v) is 7.14. The molecule has 0 bridgehead atoms. The Hall–Kier alpha value is -3.65. The summed E-state index contributed by atoms with van der Waals surface area (Å²) in [5.41, 5.74) is 9.99. The van der Waals surface area contributed by atoms with E-state index in [0.717, 1.165) is 42.0 Å². The van der Waals surface area contributed by atoms with E-state index >= 15 is 0 Å². The van der Waals surface area contributed by atoms with Crippen molar-refractivity contribution in [2.45, 2.75) is 26.8 Å². The quantitative estimate of drug-likeness (QED) is 0.415. The number of rotatable bonds is 7. The fourth-order valence-corrected chi connectivity index (χ4v) is 3.54. The smallest absolute Gasteiger partial charge is 0.273 e. The molecule has 1 aliphatic heterocycles. The molecule has 1 amide bonds. The average Bonchev–Trinajstić information content (AvgIpc) is 3.26. The number of carbonyl (C=O) groups excluding carboxylic acids is 1. The third kappa shape index (κ3) is 4.18. The van der Waals surface area contributed by atoms with Gasteiger partial charge in [0, 0.05) is 35.9 Å². The molecule has 152 valence electrons. The molecule has 0 radical (unpaired) electrons. The van der Waals surface area contributed by atoms with Crippen molar-refractivity contribution < 1.29 is 4.79 Å². The number of aromatic amines is 1. The van der Waals surface area contributed by atoms with Crippen LogP contribution in [0, 0.1) is 13.8 Å². The summed E-state index contributed by atoms with van der Waals surface area (Å²) >= 11 is 0. The van der Waals surface area contributed by atoms with Crippen molar-refractivity contribution in [3.8, 4) is 0 Å². The van der Waals surface area contributed by atoms with Crippen LogP contribution in [-0.4, -0.2) is 38.3 Å². The van der Waals surface area contributed by atoms with Crippen LogP contribution >= 0.6 is 0 Å². The van der Waals surface area contributed by atoms with Crippen LogP contribution in [0.4, 0.5) is 0 Å². The zero-order valence-corrected chi connectivity index (χ0v) is 16.9. The lowest BCUT2D eigenvalue weighted by atomic mass is 10.0. The highest BCUT2D eigenvalue weighted by Crippen LogP contribution is 2.23. The van der Waals surface area contributed by atoms with Crippen LogP contribution in [0.15, 0.2) is 53.7 Å². The fourth-order valence-electron chi connectivity index (χ4n) is 3.54. The summed E-state index contributed by atoms with van der Waals surface area (Å²) in [6.07, 6.45) is 9.53. The molecule has 0 unspecified atom stereocenters. The average molecular weight is 401 g/mol. The van der Waals surface area contributed by atoms with Gasteiger partial charge in [0.2, 0.25) is 0 Å². The molecule has 0 aliphatic carbocycles. The molecule has 3 aromatic rings. The lowest BCUT2D eigenvalue weighted by molar-refractivity contribution is -0.116. The van der Waals surface area contributed by atoms with Gasteiger partial charge in [-0.1, -0.05) is 0 Å². The Morgan fingerprint density at radius 1 is 1.10 bits per heavy atom. The minimum Gasteiger partial charge on any atom is -0.359 e. The van der Waals surface area contributed by atoms with E-state index in [4.69, 9.17) is 0 Å². The van der Waals surface area contributed by atoms with Gasteiger partial charge >= 0.3 is 0 Å². The van der Waals surface area contributed by atoms with Crippen LogP contribution in [0.1, 0.15) is 33.6 Å². The number of amides is 1. The third-order valence-corrected chi connectivity index (χ3v) is 5.18. The first-order valence-corrected chi connectivity index (χ1v) is 9.78. The number of aromatic nitrogens is 4. The van der Waals surface area contributed by atoms with Gasteiger partial charge in [-0.15, -0.1) is 0 Å². The molecule has 4 heterocycles. The van der Waals surface area contributed by atoms with Crippen molar-refractivity contribution in [3.05, 3.63) is 82.2 Å². The molecule has 0 fully saturated rings. The lowest BCUT2D eigenvalue weighted by Gasteiger charge is -2.06. The number of nitrogens with zero attached hydrogens (tertiary/aromatic N) is 4. The molecule has 4 rings (SSSR count). The maximum Gasteiger partial charge on any atom is 0.273 e. The van der Waals surface area contributed by atoms with Gasteiger partial charge in [-0.3, -0.25) is 9.78 Å². The van der Waals surface area contributed by atoms with Crippen LogP contribution in [0.3, 0.4) is 0 Å². The molecule has 0 saturated heterocycles. The summed E-state index contributed by atoms with van der Waals surface area (Å²) in [4.78, 5) is 19.8. The van der Waals surface area contributed by atoms with Crippen molar-refractivity contribution in [3.63, 3.8) is 0 Å². The SMILES string of the molecule is Cc1[nH]c(C=C2C(=O)NN=C2c2ccnnc2)c(C)c1CCNCc1ccncc1. The molecule has 3 N–H and O–H groups in total. The number of aryl methyl sites for hydroxylation is 1. The summed E-state index contributed by atoms with van der Waals surface area (Å²) in [5.74, 6) is -0.228. The second kappa shape index (κ2) is 8.79. The number of nitrogens with one attached hydrogen (secondary N) is 3. The van der Waals surface area contributed by atoms with E-state index in [-0.39, 0.29) is 5.91 Å². The van der Waals surface area contributed by atoms with E-state index in [1.165, 1.54) is 11.1 Å². The highest BCUT2D eigenvalue weighted by atomic mass is 16.2. The van der Waals surface area contributed by atoms with Crippen LogP contribution in [-0.2, 0) is 17.8 Å². The third-order valence-electron chi connectivity index (χ3n) is 5.18. The van der Waals surface area contributed by atoms with Crippen LogP contribution in [0.5, 0.6) is 0 Å². The molecule has 0 atom stereocenters. The number of hydrazone groups is 1. The Labute approximate surface area is 174 Å². The standard InChI is InChI=1S/C22H23N7O/c1-14-18(6-9-24-12-16-3-7-23-8-4-16)15(2)27-20(14)11-19-21(28-29-22(19)30)17-5-10-25-26-13-17/h3-5,7-8,10-11,13,24,27H,6,9,12H2,1-2H3,(H,29,30). The highest BCUT2D eigenvalue weighted by molar-refractivity contribution is 6.33. The molecular formula is C22H23N7O. The van der Waals surface area contributed by atoms with E-state index in [0.29, 0.717) is 11.3 Å². The van der Waals surface area contributed by atoms with Gasteiger partial charge < -0.3 is 10.3 Å². The normalized spacial score (nSPS) is 14.8. The van der Waals surface area contributed by atoms with E-state index < -0.39 is 0 Å². The van der Waals surface area contributed by atoms with Crippen LogP contribution in [0.25, 0.3) is 6.08 Å². The van der Waals surface area contributed by atoms with Crippen molar-refractivity contribution in [2.75, 3.05) is 6.54 Å². The zero-order chi connectivity index (χ0) is 20.9. The molecule has 0 spiro atoms. The first-order valence-electron chi connectivity index (χ1n) is 9.78. The molecule has 0 aromatic carbocycles. The summed E-state index contributed by atoms with van der Waals surface area (Å²) in [7, 11) is 0. The number of pyridine rings is 1. The van der Waals surface area contributed by atoms with Crippen molar-refractivity contribution in [1.29, 1.82) is 0 Å². The second-order valence-electron chi connectivity index (χ2n) is 7.14. The molecule has 30 heavy (non-hydrogen) atoms. The van der Waals surface area contributed by atoms with Crippen LogP contribution < -0.4 is 10.7 Å². The highest BCUT2D eigenvalue weighted by Gasteiger charge is 2.25. The van der Waals surface area contributed by atoms with Crippen molar-refractivity contribution >= 4 is 17.7 Å². The topological polar surface area (TPSA) is 108 Å². The maximum absolute atomic E-state index is 12.4. The van der Waals surface area contributed by atoms with Gasteiger partial charge in [-0.05, 0) is 67.8 Å². The van der Waals surface area contributed by atoms with E-state index in [9.17, 15) is 4.79 Å². The Morgan fingerprint density at radius 3 is 2.70 bits per heavy atom. The van der Waals surface area contributed by atoms with Gasteiger partial charge in [0.25, 0.3) is 5.91 Å².